The summed E-state index contributed by atoms with van der Waals surface area (Å²) in [5.41, 5.74) is -0.470. The molecule has 0 spiro atoms. The normalized spacial score (nSPS) is 26.1. The van der Waals surface area contributed by atoms with Crippen molar-refractivity contribution in [1.29, 1.82) is 5.26 Å². The monoisotopic (exact) mass is 537 g/mol. The number of likely N-dealkylation sites (tertiary alicyclic amines) is 1. The Labute approximate surface area is 210 Å². The minimum absolute atomic E-state index is 0.0393. The molecule has 1 aliphatic heterocycles. The van der Waals surface area contributed by atoms with Crippen LogP contribution in [0.25, 0.3) is 5.69 Å². The van der Waals surface area contributed by atoms with Gasteiger partial charge in [-0.2, -0.15) is 10.4 Å². The molecule has 3 aliphatic rings. The maximum absolute atomic E-state index is 13.6. The number of hydrogen-bond acceptors (Lipinski definition) is 6. The van der Waals surface area contributed by atoms with E-state index >= 15 is 0 Å². The smallest absolute Gasteiger partial charge is 0.282 e. The van der Waals surface area contributed by atoms with Gasteiger partial charge in [0.1, 0.15) is 5.54 Å². The molecule has 0 bridgehead atoms. The summed E-state index contributed by atoms with van der Waals surface area (Å²) >= 11 is 6.34. The van der Waals surface area contributed by atoms with E-state index in [2.05, 4.69) is 10.4 Å². The Balaban J connectivity index is 1.41. The van der Waals surface area contributed by atoms with Gasteiger partial charge in [-0.3, -0.25) is 9.59 Å². The van der Waals surface area contributed by atoms with E-state index < -0.39 is 63.3 Å². The Morgan fingerprint density at radius 3 is 2.44 bits per heavy atom. The summed E-state index contributed by atoms with van der Waals surface area (Å²) in [6, 6.07) is 8.07. The maximum Gasteiger partial charge on any atom is 0.282 e. The minimum Gasteiger partial charge on any atom is -0.338 e. The standard InChI is InChI=1S/C23H22ClF2N5O4S/c24-18-8-14(31-7-1-6-28-31)2-3-19(18)36(34,35)15-9-16(20(32)29-22(11-27)4-5-22)17(10-15)21(33)30-12-23(25,26)13-30/h1-3,6-8,15-17H,4-5,9-10,12-13H2,(H,29,32)/t15?,16-,17-/m1/s1. The first kappa shape index (κ1) is 24.6. The van der Waals surface area contributed by atoms with E-state index in [0.717, 1.165) is 4.90 Å². The van der Waals surface area contributed by atoms with Crippen molar-refractivity contribution in [1.82, 2.24) is 20.0 Å². The van der Waals surface area contributed by atoms with Gasteiger partial charge in [0.15, 0.2) is 9.84 Å². The highest BCUT2D eigenvalue weighted by Gasteiger charge is 2.55. The number of hydrogen-bond donors (Lipinski definition) is 1. The van der Waals surface area contributed by atoms with Crippen molar-refractivity contribution in [2.45, 2.75) is 47.3 Å². The number of halogens is 3. The third-order valence-electron chi connectivity index (χ3n) is 7.09. The topological polar surface area (TPSA) is 125 Å². The van der Waals surface area contributed by atoms with Crippen LogP contribution in [0, 0.1) is 23.2 Å². The summed E-state index contributed by atoms with van der Waals surface area (Å²) in [6.07, 6.45) is 3.75. The van der Waals surface area contributed by atoms with Crippen LogP contribution < -0.4 is 5.32 Å². The number of rotatable bonds is 6. The number of nitriles is 1. The van der Waals surface area contributed by atoms with Gasteiger partial charge in [-0.1, -0.05) is 11.6 Å². The third kappa shape index (κ3) is 4.35. The van der Waals surface area contributed by atoms with E-state index in [1.165, 1.54) is 16.8 Å². The highest BCUT2D eigenvalue weighted by Crippen LogP contribution is 2.43. The molecule has 9 nitrogen and oxygen atoms in total. The number of sulfone groups is 1. The number of nitrogens with one attached hydrogen (secondary N) is 1. The zero-order valence-corrected chi connectivity index (χ0v) is 20.5. The number of carbonyl (C=O) groups excluding carboxylic acids is 2. The van der Waals surface area contributed by atoms with Crippen LogP contribution >= 0.6 is 11.6 Å². The molecule has 190 valence electrons. The summed E-state index contributed by atoms with van der Waals surface area (Å²) in [5, 5.41) is 14.9. The zero-order valence-electron chi connectivity index (χ0n) is 18.9. The Morgan fingerprint density at radius 1 is 1.19 bits per heavy atom. The second kappa shape index (κ2) is 8.52. The van der Waals surface area contributed by atoms with Gasteiger partial charge in [0.05, 0.1) is 51.8 Å². The van der Waals surface area contributed by atoms with Gasteiger partial charge in [0.2, 0.25) is 11.8 Å². The van der Waals surface area contributed by atoms with Gasteiger partial charge >= 0.3 is 0 Å². The van der Waals surface area contributed by atoms with E-state index in [4.69, 9.17) is 11.6 Å². The summed E-state index contributed by atoms with van der Waals surface area (Å²) in [5.74, 6) is -6.46. The molecule has 1 N–H and O–H groups in total. The van der Waals surface area contributed by atoms with Crippen LogP contribution in [0.2, 0.25) is 5.02 Å². The fourth-order valence-corrected chi connectivity index (χ4v) is 7.26. The lowest BCUT2D eigenvalue weighted by molar-refractivity contribution is -0.171. The molecule has 3 atom stereocenters. The number of amides is 2. The molecule has 1 unspecified atom stereocenters. The van der Waals surface area contributed by atoms with Gasteiger partial charge in [-0.25, -0.2) is 21.9 Å². The van der Waals surface area contributed by atoms with Crippen molar-refractivity contribution in [2.75, 3.05) is 13.1 Å². The van der Waals surface area contributed by atoms with Crippen LogP contribution in [-0.4, -0.2) is 64.7 Å². The maximum atomic E-state index is 13.6. The molecule has 0 radical (unpaired) electrons. The predicted molar refractivity (Wildman–Crippen MR) is 123 cm³/mol. The van der Waals surface area contributed by atoms with Gasteiger partial charge < -0.3 is 10.2 Å². The highest BCUT2D eigenvalue weighted by atomic mass is 35.5. The predicted octanol–water partition coefficient (Wildman–Crippen LogP) is 2.34. The van der Waals surface area contributed by atoms with Crippen molar-refractivity contribution in [2.24, 2.45) is 11.8 Å². The average Bonchev–Trinajstić information content (AvgIpc) is 3.21. The Kier molecular flexibility index (Phi) is 5.83. The number of nitrogens with zero attached hydrogens (tertiary/aromatic N) is 4. The van der Waals surface area contributed by atoms with Crippen molar-refractivity contribution in [3.05, 3.63) is 41.7 Å². The fourth-order valence-electron chi connectivity index (χ4n) is 4.89. The van der Waals surface area contributed by atoms with Crippen LogP contribution in [0.4, 0.5) is 8.78 Å². The average molecular weight is 538 g/mol. The largest absolute Gasteiger partial charge is 0.338 e. The first-order chi connectivity index (χ1) is 16.9. The summed E-state index contributed by atoms with van der Waals surface area (Å²) in [4.78, 5) is 26.9. The molecule has 1 aromatic carbocycles. The summed E-state index contributed by atoms with van der Waals surface area (Å²) in [6.45, 7) is -1.53. The highest BCUT2D eigenvalue weighted by molar-refractivity contribution is 7.92. The molecule has 3 fully saturated rings. The van der Waals surface area contributed by atoms with Gasteiger partial charge in [0, 0.05) is 12.4 Å². The van der Waals surface area contributed by atoms with E-state index in [-0.39, 0.29) is 22.8 Å². The second-order valence-corrected chi connectivity index (χ2v) is 12.3. The molecule has 2 aliphatic carbocycles. The van der Waals surface area contributed by atoms with E-state index in [1.807, 2.05) is 6.07 Å². The SMILES string of the molecule is N#CC1(NC(=O)[C@@H]2CC(S(=O)(=O)c3ccc(-n4cccn4)cc3Cl)C[C@H]2C(=O)N2CC(F)(F)C2)CC1. The van der Waals surface area contributed by atoms with Gasteiger partial charge in [0.25, 0.3) is 5.92 Å². The second-order valence-electron chi connectivity index (χ2n) is 9.65. The first-order valence-corrected chi connectivity index (χ1v) is 13.3. The molecule has 5 rings (SSSR count). The quantitative estimate of drug-likeness (QED) is 0.603. The zero-order chi connectivity index (χ0) is 25.9. The molecular formula is C23H22ClF2N5O4S. The third-order valence-corrected chi connectivity index (χ3v) is 9.74. The van der Waals surface area contributed by atoms with Crippen LogP contribution in [0.3, 0.4) is 0 Å². The number of carbonyl (C=O) groups is 2. The lowest BCUT2D eigenvalue weighted by Gasteiger charge is -2.40. The van der Waals surface area contributed by atoms with Crippen molar-refractivity contribution < 1.29 is 26.8 Å². The molecule has 2 saturated carbocycles. The van der Waals surface area contributed by atoms with Crippen molar-refractivity contribution in [3.63, 3.8) is 0 Å². The van der Waals surface area contributed by atoms with Crippen molar-refractivity contribution in [3.8, 4) is 11.8 Å². The van der Waals surface area contributed by atoms with Gasteiger partial charge in [-0.05, 0) is 49.9 Å². The molecule has 1 saturated heterocycles. The Morgan fingerprint density at radius 2 is 1.89 bits per heavy atom. The van der Waals surface area contributed by atoms with E-state index in [1.54, 1.807) is 24.5 Å². The van der Waals surface area contributed by atoms with Crippen molar-refractivity contribution >= 4 is 33.3 Å². The number of aromatic nitrogens is 2. The van der Waals surface area contributed by atoms with Crippen LogP contribution in [0.15, 0.2) is 41.6 Å². The molecule has 2 aromatic rings. The minimum atomic E-state index is -4.08. The lowest BCUT2D eigenvalue weighted by atomic mass is 9.92. The molecule has 13 heteroatoms. The van der Waals surface area contributed by atoms with Crippen LogP contribution in [0.1, 0.15) is 25.7 Å². The molecule has 36 heavy (non-hydrogen) atoms. The number of alkyl halides is 2. The summed E-state index contributed by atoms with van der Waals surface area (Å²) < 4.78 is 55.5. The first-order valence-electron chi connectivity index (χ1n) is 11.4. The Hall–Kier alpha value is -3.04. The van der Waals surface area contributed by atoms with E-state index in [9.17, 15) is 32.0 Å². The molecular weight excluding hydrogens is 516 g/mol. The number of benzene rings is 1. The molecule has 2 heterocycles. The fraction of sp³-hybridized carbons (Fsp3) is 0.478. The van der Waals surface area contributed by atoms with E-state index in [0.29, 0.717) is 18.5 Å². The van der Waals surface area contributed by atoms with Crippen LogP contribution in [-0.2, 0) is 19.4 Å². The molecule has 1 aromatic heterocycles. The van der Waals surface area contributed by atoms with Crippen LogP contribution in [0.5, 0.6) is 0 Å². The summed E-state index contributed by atoms with van der Waals surface area (Å²) in [7, 11) is -4.08. The van der Waals surface area contributed by atoms with Gasteiger partial charge in [-0.15, -0.1) is 0 Å². The lowest BCUT2D eigenvalue weighted by Crippen LogP contribution is -2.60. The Bertz CT molecular complexity index is 1360. The molecule has 2 amide bonds.